The van der Waals surface area contributed by atoms with E-state index in [-0.39, 0.29) is 5.75 Å². The molecule has 0 bridgehead atoms. The second kappa shape index (κ2) is 5.04. The van der Waals surface area contributed by atoms with E-state index in [4.69, 9.17) is 5.73 Å². The fraction of sp³-hybridized carbons (Fsp3) is 0.143. The highest BCUT2D eigenvalue weighted by Gasteiger charge is 2.05. The molecule has 0 saturated carbocycles. The lowest BCUT2D eigenvalue weighted by Crippen LogP contribution is -2.01. The van der Waals surface area contributed by atoms with Crippen LogP contribution in [-0.2, 0) is 0 Å². The minimum absolute atomic E-state index is 0.148. The number of nitrogen functional groups attached to an aromatic ring is 1. The van der Waals surface area contributed by atoms with Crippen molar-refractivity contribution in [1.29, 1.82) is 0 Å². The van der Waals surface area contributed by atoms with Gasteiger partial charge in [-0.15, -0.1) is 0 Å². The summed E-state index contributed by atoms with van der Waals surface area (Å²) in [6.07, 6.45) is 0. The molecule has 2 aromatic carbocycles. The highest BCUT2D eigenvalue weighted by atomic mass is 19.3. The van der Waals surface area contributed by atoms with Crippen LogP contribution in [0.5, 0.6) is 5.75 Å². The van der Waals surface area contributed by atoms with Crippen LogP contribution >= 0.6 is 0 Å². The van der Waals surface area contributed by atoms with Crippen molar-refractivity contribution in [3.05, 3.63) is 48.0 Å². The molecule has 0 saturated heterocycles. The zero-order valence-corrected chi connectivity index (χ0v) is 9.86. The first-order chi connectivity index (χ1) is 8.54. The van der Waals surface area contributed by atoms with Crippen LogP contribution in [0.2, 0.25) is 0 Å². The second-order valence-corrected chi connectivity index (χ2v) is 4.04. The zero-order valence-electron chi connectivity index (χ0n) is 9.86. The van der Waals surface area contributed by atoms with Crippen LogP contribution in [0.3, 0.4) is 0 Å². The fourth-order valence-corrected chi connectivity index (χ4v) is 1.81. The Kier molecular flexibility index (Phi) is 3.46. The summed E-state index contributed by atoms with van der Waals surface area (Å²) in [6.45, 7) is -0.848. The monoisotopic (exact) mass is 249 g/mol. The molecule has 0 radical (unpaired) electrons. The molecule has 4 heteroatoms. The molecule has 2 nitrogen and oxygen atoms in total. The Morgan fingerprint density at radius 3 is 2.22 bits per heavy atom. The summed E-state index contributed by atoms with van der Waals surface area (Å²) in [5.41, 5.74) is 9.36. The van der Waals surface area contributed by atoms with E-state index in [1.165, 1.54) is 12.1 Å². The molecule has 0 aliphatic heterocycles. The van der Waals surface area contributed by atoms with E-state index in [0.717, 1.165) is 16.7 Å². The number of rotatable bonds is 3. The molecule has 2 rings (SSSR count). The molecule has 0 aromatic heterocycles. The molecule has 18 heavy (non-hydrogen) atoms. The van der Waals surface area contributed by atoms with Gasteiger partial charge in [-0.2, -0.15) is 8.78 Å². The Balaban J connectivity index is 2.28. The summed E-state index contributed by atoms with van der Waals surface area (Å²) in [4.78, 5) is 0. The number of alkyl halides is 2. The maximum Gasteiger partial charge on any atom is 0.387 e. The number of aryl methyl sites for hydroxylation is 1. The van der Waals surface area contributed by atoms with Crippen molar-refractivity contribution in [3.63, 3.8) is 0 Å². The smallest absolute Gasteiger partial charge is 0.387 e. The molecule has 0 aliphatic carbocycles. The van der Waals surface area contributed by atoms with Crippen LogP contribution in [0.4, 0.5) is 14.5 Å². The average Bonchev–Trinajstić information content (AvgIpc) is 2.27. The van der Waals surface area contributed by atoms with Crippen molar-refractivity contribution in [2.75, 3.05) is 5.73 Å². The van der Waals surface area contributed by atoms with E-state index in [0.29, 0.717) is 5.69 Å². The Bertz CT molecular complexity index is 518. The van der Waals surface area contributed by atoms with Gasteiger partial charge in [0.1, 0.15) is 5.75 Å². The number of benzene rings is 2. The van der Waals surface area contributed by atoms with E-state index in [9.17, 15) is 8.78 Å². The minimum Gasteiger partial charge on any atom is -0.435 e. The molecule has 0 heterocycles. The van der Waals surface area contributed by atoms with Crippen molar-refractivity contribution in [2.24, 2.45) is 0 Å². The molecule has 2 aromatic rings. The average molecular weight is 249 g/mol. The van der Waals surface area contributed by atoms with Gasteiger partial charge < -0.3 is 10.5 Å². The molecule has 0 spiro atoms. The summed E-state index contributed by atoms with van der Waals surface area (Å²) < 4.78 is 28.3. The Labute approximate surface area is 104 Å². The first-order valence-electron chi connectivity index (χ1n) is 5.47. The predicted molar refractivity (Wildman–Crippen MR) is 67.7 cm³/mol. The first-order valence-corrected chi connectivity index (χ1v) is 5.47. The van der Waals surface area contributed by atoms with Crippen LogP contribution in [-0.4, -0.2) is 6.61 Å². The van der Waals surface area contributed by atoms with E-state index in [1.807, 2.05) is 25.1 Å². The molecular formula is C14H13F2NO. The van der Waals surface area contributed by atoms with Gasteiger partial charge >= 0.3 is 6.61 Å². The van der Waals surface area contributed by atoms with Crippen LogP contribution in [0.25, 0.3) is 11.1 Å². The van der Waals surface area contributed by atoms with Gasteiger partial charge in [0.25, 0.3) is 0 Å². The Morgan fingerprint density at radius 1 is 1.00 bits per heavy atom. The van der Waals surface area contributed by atoms with Crippen molar-refractivity contribution in [3.8, 4) is 16.9 Å². The predicted octanol–water partition coefficient (Wildman–Crippen LogP) is 3.85. The van der Waals surface area contributed by atoms with Gasteiger partial charge in [-0.25, -0.2) is 0 Å². The largest absolute Gasteiger partial charge is 0.435 e. The van der Waals surface area contributed by atoms with Crippen molar-refractivity contribution < 1.29 is 13.5 Å². The molecule has 0 unspecified atom stereocenters. The van der Waals surface area contributed by atoms with Gasteiger partial charge in [0, 0.05) is 5.69 Å². The van der Waals surface area contributed by atoms with Gasteiger partial charge in [-0.05, 0) is 47.9 Å². The lowest BCUT2D eigenvalue weighted by Gasteiger charge is -2.07. The molecule has 0 fully saturated rings. The lowest BCUT2D eigenvalue weighted by molar-refractivity contribution is -0.0498. The van der Waals surface area contributed by atoms with Crippen LogP contribution in [0.1, 0.15) is 5.56 Å². The summed E-state index contributed by atoms with van der Waals surface area (Å²) in [5, 5.41) is 0. The van der Waals surface area contributed by atoms with Gasteiger partial charge in [-0.1, -0.05) is 18.2 Å². The number of nitrogens with two attached hydrogens (primary N) is 1. The van der Waals surface area contributed by atoms with Crippen LogP contribution in [0, 0.1) is 6.92 Å². The van der Waals surface area contributed by atoms with Crippen molar-refractivity contribution in [2.45, 2.75) is 13.5 Å². The number of hydrogen-bond donors (Lipinski definition) is 1. The first kappa shape index (κ1) is 12.4. The summed E-state index contributed by atoms with van der Waals surface area (Å²) in [7, 11) is 0. The third-order valence-corrected chi connectivity index (χ3v) is 2.51. The Hall–Kier alpha value is -2.10. The van der Waals surface area contributed by atoms with E-state index >= 15 is 0 Å². The van der Waals surface area contributed by atoms with E-state index in [2.05, 4.69) is 4.74 Å². The number of hydrogen-bond acceptors (Lipinski definition) is 2. The summed E-state index contributed by atoms with van der Waals surface area (Å²) >= 11 is 0. The summed E-state index contributed by atoms with van der Waals surface area (Å²) in [5.74, 6) is 0.148. The molecule has 0 aliphatic rings. The van der Waals surface area contributed by atoms with Gasteiger partial charge in [0.05, 0.1) is 0 Å². The van der Waals surface area contributed by atoms with Crippen molar-refractivity contribution >= 4 is 5.69 Å². The van der Waals surface area contributed by atoms with Crippen LogP contribution < -0.4 is 10.5 Å². The maximum absolute atomic E-state index is 12.0. The maximum atomic E-state index is 12.0. The quantitative estimate of drug-likeness (QED) is 0.838. The minimum atomic E-state index is -2.80. The molecule has 0 atom stereocenters. The third kappa shape index (κ3) is 2.97. The fourth-order valence-electron chi connectivity index (χ4n) is 1.81. The van der Waals surface area contributed by atoms with Crippen molar-refractivity contribution in [1.82, 2.24) is 0 Å². The van der Waals surface area contributed by atoms with E-state index in [1.54, 1.807) is 12.1 Å². The topological polar surface area (TPSA) is 35.2 Å². The third-order valence-electron chi connectivity index (χ3n) is 2.51. The van der Waals surface area contributed by atoms with Gasteiger partial charge in [-0.3, -0.25) is 0 Å². The highest BCUT2D eigenvalue weighted by molar-refractivity contribution is 5.69. The summed E-state index contributed by atoms with van der Waals surface area (Å²) in [6, 6.07) is 12.2. The number of ether oxygens (including phenoxy) is 1. The highest BCUT2D eigenvalue weighted by Crippen LogP contribution is 2.25. The molecule has 0 amide bonds. The molecule has 2 N–H and O–H groups in total. The molecule has 94 valence electrons. The standard InChI is InChI=1S/C14H13F2NO/c1-9-6-11(8-12(17)7-9)10-2-4-13(5-3-10)18-14(15)16/h2-8,14H,17H2,1H3. The van der Waals surface area contributed by atoms with E-state index < -0.39 is 6.61 Å². The van der Waals surface area contributed by atoms with Crippen LogP contribution in [0.15, 0.2) is 42.5 Å². The molecular weight excluding hydrogens is 236 g/mol. The van der Waals surface area contributed by atoms with Gasteiger partial charge in [0.15, 0.2) is 0 Å². The normalized spacial score (nSPS) is 10.7. The SMILES string of the molecule is Cc1cc(N)cc(-c2ccc(OC(F)F)cc2)c1. The number of anilines is 1. The number of halogens is 2. The zero-order chi connectivity index (χ0) is 13.1. The second-order valence-electron chi connectivity index (χ2n) is 4.04. The Morgan fingerprint density at radius 2 is 1.67 bits per heavy atom. The van der Waals surface area contributed by atoms with Gasteiger partial charge in [0.2, 0.25) is 0 Å². The lowest BCUT2D eigenvalue weighted by atomic mass is 10.0.